The first-order chi connectivity index (χ1) is 12.1. The summed E-state index contributed by atoms with van der Waals surface area (Å²) in [6.07, 6.45) is 4.66. The molecule has 1 aliphatic heterocycles. The van der Waals surface area contributed by atoms with E-state index < -0.39 is 5.60 Å². The van der Waals surface area contributed by atoms with Crippen LogP contribution < -0.4 is 5.73 Å². The van der Waals surface area contributed by atoms with Crippen LogP contribution in [0, 0.1) is 0 Å². The Labute approximate surface area is 161 Å². The van der Waals surface area contributed by atoms with E-state index in [9.17, 15) is 4.79 Å². The van der Waals surface area contributed by atoms with E-state index in [4.69, 9.17) is 10.5 Å². The molecule has 0 bridgehead atoms. The molecular weight excluding hydrogens is 326 g/mol. The molecule has 2 rings (SSSR count). The predicted octanol–water partition coefficient (Wildman–Crippen LogP) is 4.57. The van der Waals surface area contributed by atoms with Crippen LogP contribution in [-0.4, -0.2) is 47.8 Å². The minimum absolute atomic E-state index is 0. The molecule has 2 N–H and O–H groups in total. The zero-order valence-corrected chi connectivity index (χ0v) is 16.7. The number of nitrogens with two attached hydrogens (primary N) is 1. The maximum Gasteiger partial charge on any atom is 0.410 e. The quantitative estimate of drug-likeness (QED) is 0.631. The van der Waals surface area contributed by atoms with E-state index in [0.29, 0.717) is 13.2 Å². The van der Waals surface area contributed by atoms with E-state index in [-0.39, 0.29) is 15.0 Å². The van der Waals surface area contributed by atoms with Gasteiger partial charge in [0, 0.05) is 28.7 Å². The summed E-state index contributed by atoms with van der Waals surface area (Å²) >= 11 is 0. The molecule has 0 spiro atoms. The van der Waals surface area contributed by atoms with Crippen LogP contribution in [0.2, 0.25) is 0 Å². The number of ether oxygens (including phenoxy) is 1. The Bertz CT molecular complexity index is 616. The van der Waals surface area contributed by atoms with Crippen LogP contribution in [0.3, 0.4) is 0 Å². The second kappa shape index (κ2) is 10.0. The van der Waals surface area contributed by atoms with Crippen LogP contribution in [0.15, 0.2) is 48.7 Å². The summed E-state index contributed by atoms with van der Waals surface area (Å²) in [5.74, 6) is 0. The zero-order valence-electron chi connectivity index (χ0n) is 16.7. The molecule has 1 atom stereocenters. The highest BCUT2D eigenvalue weighted by Gasteiger charge is 2.30. The lowest BCUT2D eigenvalue weighted by Crippen LogP contribution is -2.38. The fraction of sp³-hybridized carbons (Fsp3) is 0.476. The Balaban J connectivity index is 0. The van der Waals surface area contributed by atoms with E-state index in [0.717, 1.165) is 12.0 Å². The number of hydrogen-bond acceptors (Lipinski definition) is 4. The maximum absolute atomic E-state index is 11.7. The fourth-order valence-corrected chi connectivity index (χ4v) is 2.39. The molecule has 0 saturated carbocycles. The van der Waals surface area contributed by atoms with Crippen molar-refractivity contribution in [1.82, 2.24) is 9.80 Å². The summed E-state index contributed by atoms with van der Waals surface area (Å²) in [5, 5.41) is 0. The first-order valence-corrected chi connectivity index (χ1v) is 8.92. The Morgan fingerprint density at radius 2 is 2.04 bits per heavy atom. The molecule has 1 amide bonds. The molecule has 0 radical (unpaired) electrons. The zero-order chi connectivity index (χ0) is 19.7. The van der Waals surface area contributed by atoms with E-state index in [1.165, 1.54) is 5.56 Å². The normalized spacial score (nSPS) is 17.1. The lowest BCUT2D eigenvalue weighted by molar-refractivity contribution is 0.0242. The number of likely N-dealkylation sites (tertiary alicyclic amines) is 1. The third-order valence-corrected chi connectivity index (χ3v) is 3.75. The first-order valence-electron chi connectivity index (χ1n) is 8.92. The summed E-state index contributed by atoms with van der Waals surface area (Å²) in [4.78, 5) is 15.3. The highest BCUT2D eigenvalue weighted by molar-refractivity contribution is 5.69. The number of carbonyl (C=O) groups is 1. The van der Waals surface area contributed by atoms with Crippen molar-refractivity contribution in [1.29, 1.82) is 0 Å². The molecule has 1 fully saturated rings. The van der Waals surface area contributed by atoms with Gasteiger partial charge in [0.1, 0.15) is 5.60 Å². The van der Waals surface area contributed by atoms with Gasteiger partial charge >= 0.3 is 6.09 Å². The summed E-state index contributed by atoms with van der Waals surface area (Å²) < 4.78 is 5.29. The summed E-state index contributed by atoms with van der Waals surface area (Å²) in [6.45, 7) is 12.7. The molecule has 0 aliphatic carbocycles. The third kappa shape index (κ3) is 8.21. The molecule has 1 saturated heterocycles. The largest absolute Gasteiger partial charge is 0.444 e. The second-order valence-electron chi connectivity index (χ2n) is 7.58. The lowest BCUT2D eigenvalue weighted by Gasteiger charge is -2.26. The van der Waals surface area contributed by atoms with Gasteiger partial charge in [-0.25, -0.2) is 4.79 Å². The van der Waals surface area contributed by atoms with E-state index in [1.54, 1.807) is 4.90 Å². The smallest absolute Gasteiger partial charge is 0.410 e. The lowest BCUT2D eigenvalue weighted by atomic mass is 10.2. The summed E-state index contributed by atoms with van der Waals surface area (Å²) in [6, 6.07) is 10.4. The Kier molecular flexibility index (Phi) is 8.39. The van der Waals surface area contributed by atoms with Crippen LogP contribution in [0.1, 0.15) is 42.5 Å². The standard InChI is InChI=1S/C11H19NO2.C10H14N2.2H2/c1-8-6-9(2)12(7-8)10(13)14-11(3,4)5;1-12(9-11)8-7-10-5-3-2-4-6-10;;/h9H,1,6-7H2,2-5H3;2-8H,9,11H2,1H3;2*1H/b;8-7+;;. The van der Waals surface area contributed by atoms with Gasteiger partial charge in [0.2, 0.25) is 0 Å². The number of benzene rings is 1. The van der Waals surface area contributed by atoms with E-state index in [1.807, 2.05) is 70.1 Å². The SMILES string of the molecule is C=C1CC(C)N(C(=O)OC(C)(C)C)C1.CN(/C=C/c1ccccc1)CN.[HH].[HH]. The topological polar surface area (TPSA) is 58.8 Å². The molecule has 26 heavy (non-hydrogen) atoms. The summed E-state index contributed by atoms with van der Waals surface area (Å²) in [5.41, 5.74) is 7.29. The van der Waals surface area contributed by atoms with Crippen LogP contribution in [0.25, 0.3) is 6.08 Å². The highest BCUT2D eigenvalue weighted by Crippen LogP contribution is 2.23. The molecular formula is C21H37N3O2. The van der Waals surface area contributed by atoms with E-state index >= 15 is 0 Å². The average Bonchev–Trinajstić information content (AvgIpc) is 2.91. The minimum atomic E-state index is -0.416. The first kappa shape index (κ1) is 21.8. The number of carbonyl (C=O) groups excluding carboxylic acids is 1. The fourth-order valence-electron chi connectivity index (χ4n) is 2.39. The van der Waals surface area contributed by atoms with Crippen LogP contribution in [-0.2, 0) is 4.74 Å². The van der Waals surface area contributed by atoms with Gasteiger partial charge < -0.3 is 20.3 Å². The number of rotatable bonds is 3. The number of hydrogen-bond donors (Lipinski definition) is 1. The van der Waals surface area contributed by atoms with Crippen molar-refractivity contribution >= 4 is 12.2 Å². The Morgan fingerprint density at radius 1 is 1.42 bits per heavy atom. The van der Waals surface area contributed by atoms with Crippen LogP contribution in [0.5, 0.6) is 0 Å². The molecule has 1 aromatic carbocycles. The van der Waals surface area contributed by atoms with Crippen LogP contribution in [0.4, 0.5) is 4.79 Å². The van der Waals surface area contributed by atoms with Gasteiger partial charge in [-0.1, -0.05) is 42.5 Å². The van der Waals surface area contributed by atoms with Gasteiger partial charge in [0.25, 0.3) is 0 Å². The monoisotopic (exact) mass is 363 g/mol. The van der Waals surface area contributed by atoms with Gasteiger partial charge in [0.15, 0.2) is 0 Å². The van der Waals surface area contributed by atoms with Gasteiger partial charge in [-0.2, -0.15) is 0 Å². The van der Waals surface area contributed by atoms with Gasteiger partial charge in [-0.3, -0.25) is 0 Å². The molecule has 1 aromatic rings. The third-order valence-electron chi connectivity index (χ3n) is 3.75. The minimum Gasteiger partial charge on any atom is -0.444 e. The molecule has 1 heterocycles. The van der Waals surface area contributed by atoms with Crippen molar-refractivity contribution in [2.24, 2.45) is 5.73 Å². The number of nitrogens with zero attached hydrogens (tertiary/aromatic N) is 2. The van der Waals surface area contributed by atoms with Gasteiger partial charge in [0.05, 0.1) is 6.67 Å². The Hall–Kier alpha value is -2.27. The maximum atomic E-state index is 11.7. The van der Waals surface area contributed by atoms with Crippen molar-refractivity contribution in [3.05, 3.63) is 54.2 Å². The predicted molar refractivity (Wildman–Crippen MR) is 113 cm³/mol. The van der Waals surface area contributed by atoms with Crippen molar-refractivity contribution in [3.8, 4) is 0 Å². The average molecular weight is 364 g/mol. The second-order valence-corrected chi connectivity index (χ2v) is 7.58. The molecule has 0 aromatic heterocycles. The van der Waals surface area contributed by atoms with Gasteiger partial charge in [-0.15, -0.1) is 0 Å². The molecule has 5 heteroatoms. The van der Waals surface area contributed by atoms with Crippen molar-refractivity contribution in [2.75, 3.05) is 20.3 Å². The number of amides is 1. The van der Waals surface area contributed by atoms with Gasteiger partial charge in [-0.05, 0) is 45.8 Å². The Morgan fingerprint density at radius 3 is 2.50 bits per heavy atom. The molecule has 5 nitrogen and oxygen atoms in total. The highest BCUT2D eigenvalue weighted by atomic mass is 16.6. The molecule has 1 aliphatic rings. The molecule has 1 unspecified atom stereocenters. The summed E-state index contributed by atoms with van der Waals surface area (Å²) in [7, 11) is 1.94. The van der Waals surface area contributed by atoms with Crippen LogP contribution >= 0.6 is 0 Å². The van der Waals surface area contributed by atoms with Crippen molar-refractivity contribution in [3.63, 3.8) is 0 Å². The van der Waals surface area contributed by atoms with Crippen molar-refractivity contribution in [2.45, 2.75) is 45.8 Å². The molecule has 148 valence electrons. The van der Waals surface area contributed by atoms with Crippen molar-refractivity contribution < 1.29 is 12.4 Å². The van der Waals surface area contributed by atoms with E-state index in [2.05, 4.69) is 18.7 Å².